The first-order chi connectivity index (χ1) is 5.13. The van der Waals surface area contributed by atoms with Gasteiger partial charge in [-0.25, -0.2) is 6.57 Å². The Bertz CT molecular complexity index is 273. The van der Waals surface area contributed by atoms with Crippen molar-refractivity contribution >= 4 is 5.78 Å². The number of carbonyl (C=O) groups is 1. The minimum atomic E-state index is -0.512. The van der Waals surface area contributed by atoms with Crippen molar-refractivity contribution in [2.45, 2.75) is 6.92 Å². The highest BCUT2D eigenvalue weighted by Crippen LogP contribution is 1.98. The summed E-state index contributed by atoms with van der Waals surface area (Å²) in [6.45, 7) is 7.52. The Morgan fingerprint density at radius 1 is 1.82 bits per heavy atom. The molecule has 0 aliphatic carbocycles. The van der Waals surface area contributed by atoms with E-state index in [0.29, 0.717) is 0 Å². The number of allylic oxidation sites excluding steroid dienone is 1. The summed E-state index contributed by atoms with van der Waals surface area (Å²) < 4.78 is 0. The standard InChI is InChI=1S/C7H7N3O/c1-5(9)6(3-8)7(11)4-10-2/h4,9H2,1H3/b6-5-. The minimum Gasteiger partial charge on any atom is -0.401 e. The Labute approximate surface area is 64.7 Å². The van der Waals surface area contributed by atoms with Gasteiger partial charge in [0.05, 0.1) is 0 Å². The van der Waals surface area contributed by atoms with E-state index >= 15 is 0 Å². The second-order valence-corrected chi connectivity index (χ2v) is 1.91. The molecule has 0 heterocycles. The van der Waals surface area contributed by atoms with Gasteiger partial charge in [0.2, 0.25) is 0 Å². The summed E-state index contributed by atoms with van der Waals surface area (Å²) in [5.41, 5.74) is 5.27. The first kappa shape index (κ1) is 9.19. The van der Waals surface area contributed by atoms with Gasteiger partial charge in [-0.15, -0.1) is 0 Å². The van der Waals surface area contributed by atoms with Gasteiger partial charge in [0.1, 0.15) is 11.6 Å². The van der Waals surface area contributed by atoms with Crippen LogP contribution in [-0.4, -0.2) is 12.3 Å². The van der Waals surface area contributed by atoms with Gasteiger partial charge in [-0.2, -0.15) is 5.26 Å². The first-order valence-electron chi connectivity index (χ1n) is 2.86. The van der Waals surface area contributed by atoms with Crippen LogP contribution in [0.3, 0.4) is 0 Å². The van der Waals surface area contributed by atoms with E-state index in [-0.39, 0.29) is 17.8 Å². The van der Waals surface area contributed by atoms with Gasteiger partial charge >= 0.3 is 0 Å². The van der Waals surface area contributed by atoms with Gasteiger partial charge in [-0.05, 0) is 6.92 Å². The summed E-state index contributed by atoms with van der Waals surface area (Å²) in [4.78, 5) is 13.7. The normalized spacial score (nSPS) is 10.8. The number of hydrogen-bond donors (Lipinski definition) is 1. The van der Waals surface area contributed by atoms with Crippen LogP contribution in [0.25, 0.3) is 4.85 Å². The third kappa shape index (κ3) is 2.51. The van der Waals surface area contributed by atoms with Crippen LogP contribution >= 0.6 is 0 Å². The quantitative estimate of drug-likeness (QED) is 0.347. The topological polar surface area (TPSA) is 71.2 Å². The van der Waals surface area contributed by atoms with Crippen LogP contribution in [0.2, 0.25) is 0 Å². The van der Waals surface area contributed by atoms with Crippen LogP contribution in [0, 0.1) is 17.9 Å². The molecule has 56 valence electrons. The highest BCUT2D eigenvalue weighted by Gasteiger charge is 2.12. The largest absolute Gasteiger partial charge is 0.401 e. The molecule has 0 aromatic rings. The van der Waals surface area contributed by atoms with Crippen molar-refractivity contribution in [3.8, 4) is 6.07 Å². The number of carbonyl (C=O) groups excluding carboxylic acids is 1. The number of Topliss-reactive ketones (excluding diaryl/α,β-unsaturated/α-hetero) is 1. The molecule has 0 fully saturated rings. The zero-order chi connectivity index (χ0) is 8.85. The maximum Gasteiger partial charge on any atom is 0.277 e. The van der Waals surface area contributed by atoms with Crippen LogP contribution in [0.5, 0.6) is 0 Å². The van der Waals surface area contributed by atoms with Crippen molar-refractivity contribution in [1.29, 1.82) is 5.26 Å². The van der Waals surface area contributed by atoms with Gasteiger partial charge in [0.25, 0.3) is 12.3 Å². The number of nitrogens with zero attached hydrogens (tertiary/aromatic N) is 2. The number of ketones is 1. The summed E-state index contributed by atoms with van der Waals surface area (Å²) in [6.07, 6.45) is 0. The third-order valence-corrected chi connectivity index (χ3v) is 1.01. The summed E-state index contributed by atoms with van der Waals surface area (Å²) >= 11 is 0. The lowest BCUT2D eigenvalue weighted by atomic mass is 10.1. The van der Waals surface area contributed by atoms with Crippen LogP contribution < -0.4 is 5.73 Å². The van der Waals surface area contributed by atoms with Crippen LogP contribution in [0.15, 0.2) is 11.3 Å². The lowest BCUT2D eigenvalue weighted by Gasteiger charge is -1.92. The maximum absolute atomic E-state index is 10.8. The van der Waals surface area contributed by atoms with E-state index in [9.17, 15) is 4.79 Å². The fourth-order valence-corrected chi connectivity index (χ4v) is 0.521. The highest BCUT2D eigenvalue weighted by molar-refractivity contribution is 6.01. The average Bonchev–Trinajstić information content (AvgIpc) is 1.88. The molecule has 4 nitrogen and oxygen atoms in total. The minimum absolute atomic E-state index is 0.110. The Kier molecular flexibility index (Phi) is 3.41. The Hall–Kier alpha value is -1.81. The highest BCUT2D eigenvalue weighted by atomic mass is 16.1. The van der Waals surface area contributed by atoms with Crippen molar-refractivity contribution in [1.82, 2.24) is 0 Å². The molecule has 0 aromatic heterocycles. The molecule has 0 atom stereocenters. The number of rotatable bonds is 2. The third-order valence-electron chi connectivity index (χ3n) is 1.01. The second kappa shape index (κ2) is 4.08. The predicted molar refractivity (Wildman–Crippen MR) is 39.0 cm³/mol. The second-order valence-electron chi connectivity index (χ2n) is 1.91. The van der Waals surface area contributed by atoms with Gasteiger partial charge in [-0.3, -0.25) is 4.79 Å². The molecular formula is C7H7N3O. The molecule has 0 saturated carbocycles. The van der Waals surface area contributed by atoms with Crippen molar-refractivity contribution < 1.29 is 4.79 Å². The van der Waals surface area contributed by atoms with E-state index < -0.39 is 5.78 Å². The van der Waals surface area contributed by atoms with E-state index in [1.807, 2.05) is 0 Å². The maximum atomic E-state index is 10.8. The van der Waals surface area contributed by atoms with Gasteiger partial charge in [-0.1, -0.05) is 0 Å². The molecule has 0 rings (SSSR count). The lowest BCUT2D eigenvalue weighted by molar-refractivity contribution is -0.113. The molecule has 0 bridgehead atoms. The number of nitriles is 1. The summed E-state index contributed by atoms with van der Waals surface area (Å²) in [5.74, 6) is -0.512. The average molecular weight is 149 g/mol. The molecular weight excluding hydrogens is 142 g/mol. The zero-order valence-electron chi connectivity index (χ0n) is 6.09. The molecule has 0 radical (unpaired) electrons. The molecule has 0 spiro atoms. The van der Waals surface area contributed by atoms with E-state index in [1.54, 1.807) is 6.07 Å². The van der Waals surface area contributed by atoms with Crippen molar-refractivity contribution in [2.75, 3.05) is 6.54 Å². The van der Waals surface area contributed by atoms with Crippen molar-refractivity contribution in [3.63, 3.8) is 0 Å². The monoisotopic (exact) mass is 149 g/mol. The predicted octanol–water partition coefficient (Wildman–Crippen LogP) is 0.231. The molecule has 0 aromatic carbocycles. The molecule has 0 unspecified atom stereocenters. The number of hydrogen-bond acceptors (Lipinski definition) is 3. The van der Waals surface area contributed by atoms with Gasteiger partial charge in [0.15, 0.2) is 0 Å². The van der Waals surface area contributed by atoms with E-state index in [2.05, 4.69) is 4.85 Å². The van der Waals surface area contributed by atoms with E-state index in [0.717, 1.165) is 0 Å². The fraction of sp³-hybridized carbons (Fsp3) is 0.286. The molecule has 0 saturated heterocycles. The fourth-order valence-electron chi connectivity index (χ4n) is 0.521. The van der Waals surface area contributed by atoms with E-state index in [1.165, 1.54) is 6.92 Å². The number of nitrogens with two attached hydrogens (primary N) is 1. The van der Waals surface area contributed by atoms with Gasteiger partial charge < -0.3 is 10.6 Å². The lowest BCUT2D eigenvalue weighted by Crippen LogP contribution is -2.09. The SMILES string of the molecule is [C-]#[N+]CC(=O)/C(C#N)=C(/C)N. The van der Waals surface area contributed by atoms with Crippen LogP contribution in [0.4, 0.5) is 0 Å². The van der Waals surface area contributed by atoms with Crippen molar-refractivity contribution in [2.24, 2.45) is 5.73 Å². The summed E-state index contributed by atoms with van der Waals surface area (Å²) in [7, 11) is 0. The van der Waals surface area contributed by atoms with Crippen LogP contribution in [-0.2, 0) is 4.79 Å². The molecule has 2 N–H and O–H groups in total. The molecule has 0 aliphatic rings. The zero-order valence-corrected chi connectivity index (χ0v) is 6.09. The Morgan fingerprint density at radius 3 is 2.64 bits per heavy atom. The smallest absolute Gasteiger partial charge is 0.277 e. The summed E-state index contributed by atoms with van der Waals surface area (Å²) in [5, 5.41) is 8.38. The van der Waals surface area contributed by atoms with Crippen LogP contribution in [0.1, 0.15) is 6.92 Å². The van der Waals surface area contributed by atoms with Gasteiger partial charge in [0, 0.05) is 5.70 Å². The Morgan fingerprint density at radius 2 is 2.36 bits per heavy atom. The summed E-state index contributed by atoms with van der Waals surface area (Å²) in [6, 6.07) is 1.65. The molecule has 0 aliphatic heterocycles. The molecule has 11 heavy (non-hydrogen) atoms. The molecule has 0 amide bonds. The first-order valence-corrected chi connectivity index (χ1v) is 2.86. The van der Waals surface area contributed by atoms with E-state index in [4.69, 9.17) is 17.6 Å². The molecule has 4 heteroatoms. The van der Waals surface area contributed by atoms with Crippen molar-refractivity contribution in [3.05, 3.63) is 22.7 Å². The Balaban J connectivity index is 4.62.